The summed E-state index contributed by atoms with van der Waals surface area (Å²) < 4.78 is 10.5. The van der Waals surface area contributed by atoms with Gasteiger partial charge in [-0.1, -0.05) is 6.07 Å². The highest BCUT2D eigenvalue weighted by molar-refractivity contribution is 8.18. The zero-order chi connectivity index (χ0) is 12.7. The molecule has 0 saturated carbocycles. The van der Waals surface area contributed by atoms with Crippen LogP contribution in [0.3, 0.4) is 0 Å². The van der Waals surface area contributed by atoms with Crippen LogP contribution in [0.4, 0.5) is 4.79 Å². The third-order valence-electron chi connectivity index (χ3n) is 2.68. The largest absolute Gasteiger partial charge is 0.454 e. The number of hydrogen-bond acceptors (Lipinski definition) is 5. The second-order valence-electron chi connectivity index (χ2n) is 3.85. The lowest BCUT2D eigenvalue weighted by molar-refractivity contribution is -0.121. The zero-order valence-electron chi connectivity index (χ0n) is 9.50. The van der Waals surface area contributed by atoms with E-state index >= 15 is 0 Å². The molecule has 2 heterocycles. The monoisotopic (exact) mass is 263 g/mol. The minimum atomic E-state index is -0.275. The van der Waals surface area contributed by atoms with Gasteiger partial charge >= 0.3 is 0 Å². The van der Waals surface area contributed by atoms with Crippen molar-refractivity contribution in [2.24, 2.45) is 0 Å². The highest BCUT2D eigenvalue weighted by Gasteiger charge is 2.31. The topological polar surface area (TPSA) is 55.8 Å². The van der Waals surface area contributed by atoms with E-state index in [0.717, 1.165) is 22.2 Å². The Morgan fingerprint density at radius 2 is 2.06 bits per heavy atom. The Kier molecular flexibility index (Phi) is 2.52. The fraction of sp³-hybridized carbons (Fsp3) is 0.167. The van der Waals surface area contributed by atoms with Crippen LogP contribution in [-0.2, 0) is 4.79 Å². The molecular weight excluding hydrogens is 254 g/mol. The van der Waals surface area contributed by atoms with E-state index in [9.17, 15) is 9.59 Å². The molecule has 2 aliphatic heterocycles. The van der Waals surface area contributed by atoms with Gasteiger partial charge in [0.15, 0.2) is 11.5 Å². The highest BCUT2D eigenvalue weighted by Crippen LogP contribution is 2.35. The van der Waals surface area contributed by atoms with Crippen molar-refractivity contribution >= 4 is 29.0 Å². The molecule has 0 bridgehead atoms. The van der Waals surface area contributed by atoms with Crippen molar-refractivity contribution < 1.29 is 19.1 Å². The normalized spacial score (nSPS) is 20.1. The van der Waals surface area contributed by atoms with Gasteiger partial charge in [0.2, 0.25) is 6.79 Å². The molecule has 2 amide bonds. The molecule has 3 rings (SSSR count). The van der Waals surface area contributed by atoms with Crippen LogP contribution in [0, 0.1) is 0 Å². The third-order valence-corrected chi connectivity index (χ3v) is 3.64. The van der Waals surface area contributed by atoms with Gasteiger partial charge < -0.3 is 9.47 Å². The summed E-state index contributed by atoms with van der Waals surface area (Å²) in [6, 6.07) is 5.38. The van der Waals surface area contributed by atoms with Crippen molar-refractivity contribution in [1.82, 2.24) is 4.90 Å². The number of amides is 2. The number of fused-ring (bicyclic) bond motifs is 1. The van der Waals surface area contributed by atoms with Gasteiger partial charge in [-0.2, -0.15) is 0 Å². The van der Waals surface area contributed by atoms with E-state index in [-0.39, 0.29) is 17.9 Å². The van der Waals surface area contributed by atoms with Gasteiger partial charge in [-0.05, 0) is 35.5 Å². The van der Waals surface area contributed by atoms with E-state index in [0.29, 0.717) is 16.4 Å². The Bertz CT molecular complexity index is 581. The maximum Gasteiger partial charge on any atom is 0.293 e. The number of benzene rings is 1. The summed E-state index contributed by atoms with van der Waals surface area (Å²) in [5.41, 5.74) is 0.804. The summed E-state index contributed by atoms with van der Waals surface area (Å²) in [5.74, 6) is 1.07. The predicted molar refractivity (Wildman–Crippen MR) is 66.3 cm³/mol. The minimum absolute atomic E-state index is 0.213. The summed E-state index contributed by atoms with van der Waals surface area (Å²) in [5, 5.41) is -0.257. The fourth-order valence-electron chi connectivity index (χ4n) is 1.70. The molecule has 1 saturated heterocycles. The van der Waals surface area contributed by atoms with Crippen molar-refractivity contribution in [3.63, 3.8) is 0 Å². The van der Waals surface area contributed by atoms with Crippen LogP contribution >= 0.6 is 11.8 Å². The Labute approximate surface area is 107 Å². The Balaban J connectivity index is 1.93. The summed E-state index contributed by atoms with van der Waals surface area (Å²) >= 11 is 0.936. The number of ether oxygens (including phenoxy) is 2. The first kappa shape index (κ1) is 11.2. The van der Waals surface area contributed by atoms with Crippen LogP contribution < -0.4 is 9.47 Å². The average molecular weight is 263 g/mol. The van der Waals surface area contributed by atoms with Crippen LogP contribution in [-0.4, -0.2) is 29.9 Å². The molecule has 1 fully saturated rings. The van der Waals surface area contributed by atoms with E-state index < -0.39 is 0 Å². The maximum atomic E-state index is 11.7. The Morgan fingerprint density at radius 1 is 1.28 bits per heavy atom. The van der Waals surface area contributed by atoms with E-state index in [1.807, 2.05) is 6.07 Å². The number of imide groups is 1. The van der Waals surface area contributed by atoms with Gasteiger partial charge in [-0.25, -0.2) is 0 Å². The van der Waals surface area contributed by atoms with Gasteiger partial charge in [0, 0.05) is 7.05 Å². The minimum Gasteiger partial charge on any atom is -0.454 e. The van der Waals surface area contributed by atoms with Crippen LogP contribution in [0.1, 0.15) is 5.56 Å². The van der Waals surface area contributed by atoms with Gasteiger partial charge in [0.25, 0.3) is 11.1 Å². The molecule has 1 aromatic carbocycles. The van der Waals surface area contributed by atoms with Gasteiger partial charge in [0.05, 0.1) is 4.91 Å². The number of thioether (sulfide) groups is 1. The lowest BCUT2D eigenvalue weighted by atomic mass is 10.2. The lowest BCUT2D eigenvalue weighted by Gasteiger charge is -2.01. The molecule has 0 aromatic heterocycles. The van der Waals surface area contributed by atoms with E-state index in [2.05, 4.69) is 0 Å². The number of hydrogen-bond donors (Lipinski definition) is 0. The first-order valence-corrected chi connectivity index (χ1v) is 6.08. The van der Waals surface area contributed by atoms with Crippen molar-refractivity contribution in [2.45, 2.75) is 0 Å². The first-order chi connectivity index (χ1) is 8.65. The molecule has 0 aliphatic carbocycles. The van der Waals surface area contributed by atoms with E-state index in [1.165, 1.54) is 7.05 Å². The molecule has 0 spiro atoms. The molecule has 5 nitrogen and oxygen atoms in total. The first-order valence-electron chi connectivity index (χ1n) is 5.26. The van der Waals surface area contributed by atoms with Crippen LogP contribution in [0.5, 0.6) is 11.5 Å². The Morgan fingerprint density at radius 3 is 2.78 bits per heavy atom. The van der Waals surface area contributed by atoms with Gasteiger partial charge in [0.1, 0.15) is 0 Å². The quantitative estimate of drug-likeness (QED) is 0.726. The fourth-order valence-corrected chi connectivity index (χ4v) is 2.53. The molecule has 0 atom stereocenters. The van der Waals surface area contributed by atoms with E-state index in [1.54, 1.807) is 18.2 Å². The van der Waals surface area contributed by atoms with Crippen LogP contribution in [0.15, 0.2) is 23.1 Å². The summed E-state index contributed by atoms with van der Waals surface area (Å²) in [6.45, 7) is 0.213. The molecule has 0 radical (unpaired) electrons. The smallest absolute Gasteiger partial charge is 0.293 e. The maximum absolute atomic E-state index is 11.7. The van der Waals surface area contributed by atoms with Crippen molar-refractivity contribution in [3.05, 3.63) is 28.7 Å². The summed E-state index contributed by atoms with van der Waals surface area (Å²) in [7, 11) is 1.47. The summed E-state index contributed by atoms with van der Waals surface area (Å²) in [6.07, 6.45) is 1.68. The van der Waals surface area contributed by atoms with Gasteiger partial charge in [-0.15, -0.1) is 0 Å². The predicted octanol–water partition coefficient (Wildman–Crippen LogP) is 2.08. The van der Waals surface area contributed by atoms with Crippen molar-refractivity contribution in [3.8, 4) is 11.5 Å². The Hall–Kier alpha value is -1.95. The van der Waals surface area contributed by atoms with Gasteiger partial charge in [-0.3, -0.25) is 14.5 Å². The molecular formula is C12H9NO4S. The molecule has 2 aliphatic rings. The molecule has 0 unspecified atom stereocenters. The van der Waals surface area contributed by atoms with Crippen LogP contribution in [0.2, 0.25) is 0 Å². The molecule has 18 heavy (non-hydrogen) atoms. The number of rotatable bonds is 1. The standard InChI is InChI=1S/C12H9NO4S/c1-13-11(14)10(18-12(13)15)5-7-2-3-8-9(4-7)17-6-16-8/h2-5H,6H2,1H3/b10-5+. The lowest BCUT2D eigenvalue weighted by Crippen LogP contribution is -2.22. The SMILES string of the molecule is CN1C(=O)S/C(=C/c2ccc3c(c2)OCO3)C1=O. The molecule has 1 aromatic rings. The van der Waals surface area contributed by atoms with Crippen LogP contribution in [0.25, 0.3) is 6.08 Å². The molecule has 0 N–H and O–H groups in total. The zero-order valence-corrected chi connectivity index (χ0v) is 10.3. The second-order valence-corrected chi connectivity index (χ2v) is 4.85. The average Bonchev–Trinajstić information content (AvgIpc) is 2.91. The second kappa shape index (κ2) is 4.06. The highest BCUT2D eigenvalue weighted by atomic mass is 32.2. The number of carbonyl (C=O) groups is 2. The third kappa shape index (κ3) is 1.74. The summed E-state index contributed by atoms with van der Waals surface area (Å²) in [4.78, 5) is 24.6. The van der Waals surface area contributed by atoms with Crippen molar-refractivity contribution in [1.29, 1.82) is 0 Å². The molecule has 6 heteroatoms. The van der Waals surface area contributed by atoms with Crippen molar-refractivity contribution in [2.75, 3.05) is 13.8 Å². The number of likely N-dealkylation sites (N-methyl/N-ethyl adjacent to an activating group) is 1. The molecule has 92 valence electrons. The number of nitrogens with zero attached hydrogens (tertiary/aromatic N) is 1. The number of carbonyl (C=O) groups excluding carboxylic acids is 2. The van der Waals surface area contributed by atoms with E-state index in [4.69, 9.17) is 9.47 Å².